The van der Waals surface area contributed by atoms with Gasteiger partial charge in [0, 0.05) is 24.7 Å². The molecule has 0 N–H and O–H groups in total. The average molecular weight is 307 g/mol. The third-order valence-electron chi connectivity index (χ3n) is 4.76. The van der Waals surface area contributed by atoms with E-state index < -0.39 is 0 Å². The molecule has 2 aliphatic rings. The number of hydrogen-bond acceptors (Lipinski definition) is 2. The molecule has 3 rings (SSSR count). The number of aliphatic imine (C=N–C) groups is 1. The topological polar surface area (TPSA) is 29.4 Å². The van der Waals surface area contributed by atoms with E-state index in [9.17, 15) is 4.79 Å². The highest BCUT2D eigenvalue weighted by Gasteiger charge is 2.26. The summed E-state index contributed by atoms with van der Waals surface area (Å²) >= 11 is 0. The van der Waals surface area contributed by atoms with Crippen molar-refractivity contribution in [3.8, 4) is 0 Å². The first kappa shape index (κ1) is 15.9. The summed E-state index contributed by atoms with van der Waals surface area (Å²) in [4.78, 5) is 17.1. The van der Waals surface area contributed by atoms with E-state index in [0.717, 1.165) is 31.4 Å². The zero-order valence-corrected chi connectivity index (χ0v) is 14.0. The van der Waals surface area contributed by atoms with E-state index in [1.54, 1.807) is 5.57 Å². The van der Waals surface area contributed by atoms with Crippen LogP contribution in [-0.4, -0.2) is 18.5 Å². The van der Waals surface area contributed by atoms with Gasteiger partial charge in [0.1, 0.15) is 0 Å². The van der Waals surface area contributed by atoms with Gasteiger partial charge in [-0.2, -0.15) is 0 Å². The summed E-state index contributed by atoms with van der Waals surface area (Å²) in [6, 6.07) is 9.65. The third-order valence-corrected chi connectivity index (χ3v) is 4.76. The molecule has 0 atom stereocenters. The van der Waals surface area contributed by atoms with Crippen molar-refractivity contribution in [2.24, 2.45) is 4.99 Å². The maximum atomic E-state index is 12.6. The van der Waals surface area contributed by atoms with Crippen molar-refractivity contribution >= 4 is 12.0 Å². The second-order valence-electron chi connectivity index (χ2n) is 6.48. The smallest absolute Gasteiger partial charge is 0.166 e. The number of carbonyl (C=O) groups is 1. The minimum atomic E-state index is 0.224. The largest absolute Gasteiger partial charge is 0.294 e. The molecule has 0 aromatic heterocycles. The van der Waals surface area contributed by atoms with Gasteiger partial charge in [-0.15, -0.1) is 0 Å². The Morgan fingerprint density at radius 2 is 1.96 bits per heavy atom. The van der Waals surface area contributed by atoms with Gasteiger partial charge in [-0.05, 0) is 55.2 Å². The fourth-order valence-corrected chi connectivity index (χ4v) is 3.59. The first-order valence-corrected chi connectivity index (χ1v) is 8.81. The van der Waals surface area contributed by atoms with Crippen molar-refractivity contribution in [1.82, 2.24) is 0 Å². The lowest BCUT2D eigenvalue weighted by Gasteiger charge is -2.14. The summed E-state index contributed by atoms with van der Waals surface area (Å²) in [7, 11) is 0. The molecule has 2 aliphatic carbocycles. The Hall–Kier alpha value is -1.96. The van der Waals surface area contributed by atoms with Gasteiger partial charge >= 0.3 is 0 Å². The van der Waals surface area contributed by atoms with Gasteiger partial charge < -0.3 is 0 Å². The van der Waals surface area contributed by atoms with Crippen LogP contribution in [0.15, 0.2) is 57.6 Å². The van der Waals surface area contributed by atoms with E-state index >= 15 is 0 Å². The monoisotopic (exact) mass is 307 g/mol. The minimum absolute atomic E-state index is 0.224. The number of rotatable bonds is 6. The molecule has 0 bridgehead atoms. The normalized spacial score (nSPS) is 18.0. The average Bonchev–Trinajstić information content (AvgIpc) is 2.93. The summed E-state index contributed by atoms with van der Waals surface area (Å²) in [5, 5.41) is 0. The van der Waals surface area contributed by atoms with Crippen LogP contribution in [0.3, 0.4) is 0 Å². The first-order valence-electron chi connectivity index (χ1n) is 8.81. The molecule has 0 spiro atoms. The molecular weight excluding hydrogens is 282 g/mol. The standard InChI is InChI=1S/C21H25NO/c1-2-12-22-15-20-18(13-17-10-6-7-11-19(17)20)14-21(23)16-8-4-3-5-9-16/h3-5,8-9,15H,2,6-7,10-14H2,1H3/b22-15+. The van der Waals surface area contributed by atoms with E-state index in [2.05, 4.69) is 11.9 Å². The predicted molar refractivity (Wildman–Crippen MR) is 96.2 cm³/mol. The lowest BCUT2D eigenvalue weighted by atomic mass is 9.91. The maximum absolute atomic E-state index is 12.6. The molecule has 0 radical (unpaired) electrons. The lowest BCUT2D eigenvalue weighted by Crippen LogP contribution is -2.02. The highest BCUT2D eigenvalue weighted by atomic mass is 16.1. The second kappa shape index (κ2) is 7.54. The molecule has 0 fully saturated rings. The van der Waals surface area contributed by atoms with Crippen molar-refractivity contribution in [1.29, 1.82) is 0 Å². The molecule has 0 aliphatic heterocycles. The van der Waals surface area contributed by atoms with Crippen molar-refractivity contribution in [3.63, 3.8) is 0 Å². The number of benzene rings is 1. The van der Waals surface area contributed by atoms with E-state index in [0.29, 0.717) is 6.42 Å². The summed E-state index contributed by atoms with van der Waals surface area (Å²) < 4.78 is 0. The summed E-state index contributed by atoms with van der Waals surface area (Å²) in [6.45, 7) is 3.01. The Bertz CT molecular complexity index is 664. The third kappa shape index (κ3) is 3.69. The number of ketones is 1. The van der Waals surface area contributed by atoms with Gasteiger partial charge in [0.25, 0.3) is 0 Å². The van der Waals surface area contributed by atoms with Crippen LogP contribution in [0, 0.1) is 0 Å². The Morgan fingerprint density at radius 3 is 2.74 bits per heavy atom. The van der Waals surface area contributed by atoms with Crippen molar-refractivity contribution < 1.29 is 4.79 Å². The highest BCUT2D eigenvalue weighted by molar-refractivity contribution is 5.99. The van der Waals surface area contributed by atoms with Crippen LogP contribution in [0.1, 0.15) is 62.2 Å². The molecule has 0 saturated heterocycles. The molecule has 2 heteroatoms. The number of hydrogen-bond donors (Lipinski definition) is 0. The molecule has 2 nitrogen and oxygen atoms in total. The Labute approximate surface area is 139 Å². The molecule has 0 unspecified atom stereocenters. The first-order chi connectivity index (χ1) is 11.3. The molecular formula is C21H25NO. The van der Waals surface area contributed by atoms with Crippen LogP contribution in [-0.2, 0) is 0 Å². The van der Waals surface area contributed by atoms with Crippen molar-refractivity contribution in [3.05, 3.63) is 58.2 Å². The predicted octanol–water partition coefficient (Wildman–Crippen LogP) is 5.31. The van der Waals surface area contributed by atoms with E-state index in [1.807, 2.05) is 36.5 Å². The molecule has 0 amide bonds. The minimum Gasteiger partial charge on any atom is -0.294 e. The van der Waals surface area contributed by atoms with Crippen LogP contribution < -0.4 is 0 Å². The molecule has 1 aromatic rings. The van der Waals surface area contributed by atoms with E-state index in [-0.39, 0.29) is 5.78 Å². The van der Waals surface area contributed by atoms with Gasteiger partial charge in [0.05, 0.1) is 0 Å². The van der Waals surface area contributed by atoms with Crippen LogP contribution in [0.5, 0.6) is 0 Å². The molecule has 0 saturated carbocycles. The zero-order valence-electron chi connectivity index (χ0n) is 14.0. The van der Waals surface area contributed by atoms with Gasteiger partial charge in [-0.1, -0.05) is 42.8 Å². The van der Waals surface area contributed by atoms with E-state index in [1.165, 1.54) is 36.0 Å². The molecule has 23 heavy (non-hydrogen) atoms. The Morgan fingerprint density at radius 1 is 1.17 bits per heavy atom. The van der Waals surface area contributed by atoms with Gasteiger partial charge in [0.15, 0.2) is 5.78 Å². The number of Topliss-reactive ketones (excluding diaryl/α,β-unsaturated/α-hetero) is 1. The van der Waals surface area contributed by atoms with Crippen molar-refractivity contribution in [2.75, 3.05) is 6.54 Å². The number of allylic oxidation sites excluding steroid dienone is 4. The van der Waals surface area contributed by atoms with E-state index in [4.69, 9.17) is 0 Å². The van der Waals surface area contributed by atoms with Crippen LogP contribution >= 0.6 is 0 Å². The molecule has 120 valence electrons. The van der Waals surface area contributed by atoms with Crippen molar-refractivity contribution in [2.45, 2.75) is 51.9 Å². The lowest BCUT2D eigenvalue weighted by molar-refractivity contribution is 0.0992. The quantitative estimate of drug-likeness (QED) is 0.517. The fourth-order valence-electron chi connectivity index (χ4n) is 3.59. The SMILES string of the molecule is CCC/N=C/C1=C(CC(=O)c2ccccc2)CC2=C1CCCC2. The number of carbonyl (C=O) groups excluding carboxylic acids is 1. The summed E-state index contributed by atoms with van der Waals surface area (Å²) in [5.41, 5.74) is 6.43. The summed E-state index contributed by atoms with van der Waals surface area (Å²) in [5.74, 6) is 0.224. The van der Waals surface area contributed by atoms with Gasteiger partial charge in [-0.3, -0.25) is 9.79 Å². The Balaban J connectivity index is 1.82. The summed E-state index contributed by atoms with van der Waals surface area (Å²) in [6.07, 6.45) is 9.54. The van der Waals surface area contributed by atoms with Crippen LogP contribution in [0.2, 0.25) is 0 Å². The van der Waals surface area contributed by atoms with Gasteiger partial charge in [-0.25, -0.2) is 0 Å². The molecule has 1 aromatic carbocycles. The molecule has 0 heterocycles. The second-order valence-corrected chi connectivity index (χ2v) is 6.48. The maximum Gasteiger partial charge on any atom is 0.166 e. The zero-order chi connectivity index (χ0) is 16.1. The van der Waals surface area contributed by atoms with Gasteiger partial charge in [0.2, 0.25) is 0 Å². The fraction of sp³-hybridized carbons (Fsp3) is 0.429. The van der Waals surface area contributed by atoms with Crippen LogP contribution in [0.4, 0.5) is 0 Å². The number of nitrogens with zero attached hydrogens (tertiary/aromatic N) is 1. The van der Waals surface area contributed by atoms with Crippen LogP contribution in [0.25, 0.3) is 0 Å². The Kier molecular flexibility index (Phi) is 5.22. The highest BCUT2D eigenvalue weighted by Crippen LogP contribution is 2.41.